The van der Waals surface area contributed by atoms with E-state index in [0.29, 0.717) is 12.5 Å². The maximum absolute atomic E-state index is 10.3. The van der Waals surface area contributed by atoms with Crippen molar-refractivity contribution in [2.45, 2.75) is 25.3 Å². The van der Waals surface area contributed by atoms with Crippen molar-refractivity contribution in [3.8, 4) is 0 Å². The average molecular weight is 153 g/mol. The Morgan fingerprint density at radius 3 is 3.00 bits per heavy atom. The first-order valence-corrected chi connectivity index (χ1v) is 3.76. The van der Waals surface area contributed by atoms with Crippen molar-refractivity contribution in [3.63, 3.8) is 0 Å². The van der Waals surface area contributed by atoms with E-state index in [1.165, 1.54) is 0 Å². The lowest BCUT2D eigenvalue weighted by Crippen LogP contribution is -2.04. The van der Waals surface area contributed by atoms with Crippen molar-refractivity contribution in [2.24, 2.45) is 0 Å². The summed E-state index contributed by atoms with van der Waals surface area (Å²) < 4.78 is 1.78. The van der Waals surface area contributed by atoms with Gasteiger partial charge in [-0.05, 0) is 23.3 Å². The molecule has 1 fully saturated rings. The second kappa shape index (κ2) is 2.58. The molecule has 0 bridgehead atoms. The summed E-state index contributed by atoms with van der Waals surface area (Å²) in [5.74, 6) is 0.738. The van der Waals surface area contributed by atoms with Crippen LogP contribution in [0.15, 0.2) is 0 Å². The van der Waals surface area contributed by atoms with Gasteiger partial charge in [-0.2, -0.15) is 0 Å². The largest absolute Gasteiger partial charge is 0.236 e. The van der Waals surface area contributed by atoms with Crippen LogP contribution in [-0.4, -0.2) is 26.8 Å². The standard InChI is InChI=1S/C6H9N4O/c11-4-3-6-7-8-9-10(6)5-1-2-5/h5H,1-4H2. The SMILES string of the molecule is [O]CCc1nnnn1C1CC1. The molecule has 1 aliphatic rings. The van der Waals surface area contributed by atoms with Crippen LogP contribution in [0.4, 0.5) is 0 Å². The third-order valence-electron chi connectivity index (χ3n) is 1.78. The Morgan fingerprint density at radius 1 is 1.55 bits per heavy atom. The van der Waals surface area contributed by atoms with Crippen molar-refractivity contribution < 1.29 is 5.11 Å². The summed E-state index contributed by atoms with van der Waals surface area (Å²) in [7, 11) is 0. The second-order valence-corrected chi connectivity index (χ2v) is 2.72. The van der Waals surface area contributed by atoms with Crippen LogP contribution in [0.1, 0.15) is 24.7 Å². The molecule has 1 aromatic rings. The highest BCUT2D eigenvalue weighted by molar-refractivity contribution is 4.89. The van der Waals surface area contributed by atoms with Gasteiger partial charge in [-0.1, -0.05) is 0 Å². The number of aromatic nitrogens is 4. The van der Waals surface area contributed by atoms with Gasteiger partial charge in [0.05, 0.1) is 12.6 Å². The summed E-state index contributed by atoms with van der Waals surface area (Å²) in [6.07, 6.45) is 2.75. The van der Waals surface area contributed by atoms with E-state index in [9.17, 15) is 5.11 Å². The molecule has 0 spiro atoms. The molecule has 11 heavy (non-hydrogen) atoms. The molecule has 1 aromatic heterocycles. The average Bonchev–Trinajstić information content (AvgIpc) is 2.75. The van der Waals surface area contributed by atoms with Gasteiger partial charge in [0.15, 0.2) is 5.82 Å². The van der Waals surface area contributed by atoms with Crippen molar-refractivity contribution in [3.05, 3.63) is 5.82 Å². The highest BCUT2D eigenvalue weighted by atomic mass is 16.3. The first-order chi connectivity index (χ1) is 5.42. The molecule has 0 N–H and O–H groups in total. The summed E-state index contributed by atoms with van der Waals surface area (Å²) in [5.41, 5.74) is 0. The van der Waals surface area contributed by atoms with Crippen molar-refractivity contribution in [1.29, 1.82) is 0 Å². The number of hydrogen-bond acceptors (Lipinski definition) is 3. The van der Waals surface area contributed by atoms with Gasteiger partial charge >= 0.3 is 0 Å². The van der Waals surface area contributed by atoms with E-state index in [1.54, 1.807) is 4.68 Å². The Labute approximate surface area is 64.0 Å². The third-order valence-corrected chi connectivity index (χ3v) is 1.78. The maximum Gasteiger partial charge on any atom is 0.154 e. The number of nitrogens with zero attached hydrogens (tertiary/aromatic N) is 4. The van der Waals surface area contributed by atoms with E-state index in [4.69, 9.17) is 0 Å². The summed E-state index contributed by atoms with van der Waals surface area (Å²) >= 11 is 0. The fraction of sp³-hybridized carbons (Fsp3) is 0.833. The molecule has 1 radical (unpaired) electrons. The lowest BCUT2D eigenvalue weighted by Gasteiger charge is -1.97. The maximum atomic E-state index is 10.3. The molecule has 0 amide bonds. The molecule has 5 nitrogen and oxygen atoms in total. The Balaban J connectivity index is 2.16. The van der Waals surface area contributed by atoms with E-state index in [2.05, 4.69) is 15.5 Å². The molecule has 0 aliphatic heterocycles. The van der Waals surface area contributed by atoms with Crippen molar-refractivity contribution >= 4 is 0 Å². The van der Waals surface area contributed by atoms with Crippen LogP contribution in [0.25, 0.3) is 0 Å². The van der Waals surface area contributed by atoms with E-state index in [1.807, 2.05) is 0 Å². The van der Waals surface area contributed by atoms with Crippen LogP contribution in [0.2, 0.25) is 0 Å². The predicted molar refractivity (Wildman–Crippen MR) is 35.3 cm³/mol. The van der Waals surface area contributed by atoms with Crippen molar-refractivity contribution in [1.82, 2.24) is 20.2 Å². The first-order valence-electron chi connectivity index (χ1n) is 3.76. The summed E-state index contributed by atoms with van der Waals surface area (Å²) in [4.78, 5) is 0. The highest BCUT2D eigenvalue weighted by Gasteiger charge is 2.27. The molecule has 0 unspecified atom stereocenters. The van der Waals surface area contributed by atoms with E-state index in [-0.39, 0.29) is 6.61 Å². The minimum atomic E-state index is -0.132. The zero-order valence-electron chi connectivity index (χ0n) is 6.10. The molecule has 0 aromatic carbocycles. The predicted octanol–water partition coefficient (Wildman–Crippen LogP) is -0.0190. The summed E-state index contributed by atoms with van der Waals surface area (Å²) in [5, 5.41) is 21.4. The lowest BCUT2D eigenvalue weighted by atomic mass is 10.4. The zero-order valence-corrected chi connectivity index (χ0v) is 6.10. The Hall–Kier alpha value is -0.970. The van der Waals surface area contributed by atoms with Crippen LogP contribution in [-0.2, 0) is 11.5 Å². The highest BCUT2D eigenvalue weighted by Crippen LogP contribution is 2.34. The van der Waals surface area contributed by atoms with Crippen LogP contribution < -0.4 is 0 Å². The van der Waals surface area contributed by atoms with Gasteiger partial charge in [0.2, 0.25) is 0 Å². The minimum Gasteiger partial charge on any atom is -0.236 e. The molecule has 0 atom stereocenters. The zero-order chi connectivity index (χ0) is 7.68. The number of rotatable bonds is 3. The van der Waals surface area contributed by atoms with Gasteiger partial charge in [0.1, 0.15) is 0 Å². The smallest absolute Gasteiger partial charge is 0.154 e. The molecular formula is C6H9N4O. The molecule has 1 saturated carbocycles. The quantitative estimate of drug-likeness (QED) is 0.613. The fourth-order valence-electron chi connectivity index (χ4n) is 1.07. The van der Waals surface area contributed by atoms with Gasteiger partial charge < -0.3 is 0 Å². The van der Waals surface area contributed by atoms with Crippen LogP contribution >= 0.6 is 0 Å². The third kappa shape index (κ3) is 1.23. The molecule has 0 saturated heterocycles. The monoisotopic (exact) mass is 153 g/mol. The van der Waals surface area contributed by atoms with Crippen LogP contribution in [0.5, 0.6) is 0 Å². The first kappa shape index (κ1) is 6.72. The molecule has 5 heteroatoms. The van der Waals surface area contributed by atoms with E-state index >= 15 is 0 Å². The van der Waals surface area contributed by atoms with Gasteiger partial charge in [0, 0.05) is 6.42 Å². The molecule has 1 heterocycles. The topological polar surface area (TPSA) is 63.5 Å². The van der Waals surface area contributed by atoms with E-state index in [0.717, 1.165) is 18.7 Å². The minimum absolute atomic E-state index is 0.132. The van der Waals surface area contributed by atoms with E-state index < -0.39 is 0 Å². The van der Waals surface area contributed by atoms with Gasteiger partial charge in [-0.15, -0.1) is 5.10 Å². The Bertz CT molecular complexity index is 242. The summed E-state index contributed by atoms with van der Waals surface area (Å²) in [6, 6.07) is 0.478. The fourth-order valence-corrected chi connectivity index (χ4v) is 1.07. The molecular weight excluding hydrogens is 144 g/mol. The summed E-state index contributed by atoms with van der Waals surface area (Å²) in [6.45, 7) is -0.132. The van der Waals surface area contributed by atoms with Crippen LogP contribution in [0, 0.1) is 0 Å². The van der Waals surface area contributed by atoms with Crippen molar-refractivity contribution in [2.75, 3.05) is 6.61 Å². The van der Waals surface area contributed by atoms with Gasteiger partial charge in [0.25, 0.3) is 0 Å². The molecule has 59 valence electrons. The van der Waals surface area contributed by atoms with Gasteiger partial charge in [-0.3, -0.25) is 0 Å². The second-order valence-electron chi connectivity index (χ2n) is 2.72. The molecule has 2 rings (SSSR count). The number of hydrogen-bond donors (Lipinski definition) is 0. The number of tetrazole rings is 1. The molecule has 1 aliphatic carbocycles. The Morgan fingerprint density at radius 2 is 2.36 bits per heavy atom. The Kier molecular flexibility index (Phi) is 1.58. The van der Waals surface area contributed by atoms with Crippen LogP contribution in [0.3, 0.4) is 0 Å². The normalized spacial score (nSPS) is 17.2. The van der Waals surface area contributed by atoms with Gasteiger partial charge in [-0.25, -0.2) is 9.79 Å². The lowest BCUT2D eigenvalue weighted by molar-refractivity contribution is 0.193.